The highest BCUT2D eigenvalue weighted by molar-refractivity contribution is 9.10. The summed E-state index contributed by atoms with van der Waals surface area (Å²) in [6, 6.07) is 1.33. The molecule has 0 radical (unpaired) electrons. The van der Waals surface area contributed by atoms with E-state index in [2.05, 4.69) is 20.9 Å². The fourth-order valence-corrected chi connectivity index (χ4v) is 2.04. The molecule has 0 saturated heterocycles. The van der Waals surface area contributed by atoms with Gasteiger partial charge in [0.15, 0.2) is 0 Å². The van der Waals surface area contributed by atoms with Crippen LogP contribution in [-0.2, 0) is 5.88 Å². The molecule has 0 N–H and O–H groups in total. The summed E-state index contributed by atoms with van der Waals surface area (Å²) in [5, 5.41) is 0.145. The van der Waals surface area contributed by atoms with Gasteiger partial charge in [-0.3, -0.25) is 0 Å². The minimum atomic E-state index is -2.60. The molecule has 0 atom stereocenters. The molecule has 1 aromatic heterocycles. The van der Waals surface area contributed by atoms with Gasteiger partial charge in [0.25, 0.3) is 6.43 Å². The number of nitrogens with zero attached hydrogens (tertiary/aromatic N) is 1. The normalized spacial score (nSPS) is 10.9. The number of aromatic nitrogens is 1. The molecule has 1 nitrogen and oxygen atoms in total. The second-order valence-corrected chi connectivity index (χ2v) is 3.65. The minimum absolute atomic E-state index is 0.0134. The molecule has 1 heterocycles. The van der Waals surface area contributed by atoms with Crippen molar-refractivity contribution in [2.45, 2.75) is 12.3 Å². The molecule has 0 amide bonds. The molecule has 0 spiro atoms. The summed E-state index contributed by atoms with van der Waals surface area (Å²) < 4.78 is 24.9. The molecule has 13 heavy (non-hydrogen) atoms. The first-order valence-electron chi connectivity index (χ1n) is 3.25. The van der Waals surface area contributed by atoms with Crippen molar-refractivity contribution in [2.24, 2.45) is 0 Å². The van der Waals surface area contributed by atoms with Crippen LogP contribution in [-0.4, -0.2) is 4.98 Å². The number of pyridine rings is 1. The first kappa shape index (κ1) is 11.1. The van der Waals surface area contributed by atoms with E-state index in [-0.39, 0.29) is 21.2 Å². The fraction of sp³-hybridized carbons (Fsp3) is 0.286. The van der Waals surface area contributed by atoms with Gasteiger partial charge >= 0.3 is 0 Å². The van der Waals surface area contributed by atoms with Crippen LogP contribution in [0.4, 0.5) is 8.78 Å². The lowest BCUT2D eigenvalue weighted by Gasteiger charge is -2.07. The number of halogens is 5. The summed E-state index contributed by atoms with van der Waals surface area (Å²) in [5.41, 5.74) is 0.0999. The molecular weight excluding hydrogens is 287 g/mol. The molecule has 1 rings (SSSR count). The van der Waals surface area contributed by atoms with Crippen molar-refractivity contribution in [3.05, 3.63) is 26.9 Å². The van der Waals surface area contributed by atoms with Crippen LogP contribution in [0.5, 0.6) is 0 Å². The molecule has 0 aliphatic carbocycles. The van der Waals surface area contributed by atoms with Crippen molar-refractivity contribution in [3.63, 3.8) is 0 Å². The Hall–Kier alpha value is 0.0700. The van der Waals surface area contributed by atoms with Crippen molar-refractivity contribution in [1.29, 1.82) is 0 Å². The van der Waals surface area contributed by atoms with E-state index in [1.807, 2.05) is 0 Å². The van der Waals surface area contributed by atoms with Crippen molar-refractivity contribution in [2.75, 3.05) is 0 Å². The highest BCUT2D eigenvalue weighted by Gasteiger charge is 2.18. The maximum Gasteiger partial charge on any atom is 0.266 e. The second-order valence-electron chi connectivity index (χ2n) is 2.24. The maximum absolute atomic E-state index is 12.4. The Balaban J connectivity index is 3.30. The van der Waals surface area contributed by atoms with Crippen LogP contribution in [0.3, 0.4) is 0 Å². The molecule has 0 aliphatic heterocycles. The Kier molecular flexibility index (Phi) is 3.88. The third-order valence-corrected chi connectivity index (χ3v) is 2.51. The second kappa shape index (κ2) is 4.53. The van der Waals surface area contributed by atoms with Crippen LogP contribution in [0.15, 0.2) is 10.7 Å². The van der Waals surface area contributed by atoms with E-state index >= 15 is 0 Å². The molecule has 0 saturated carbocycles. The number of alkyl halides is 3. The predicted molar refractivity (Wildman–Crippen MR) is 51.5 cm³/mol. The highest BCUT2D eigenvalue weighted by Crippen LogP contribution is 2.31. The van der Waals surface area contributed by atoms with Crippen molar-refractivity contribution < 1.29 is 8.78 Å². The molecular formula is C7H4BrCl2F2N. The standard InChI is InChI=1S/C7H4BrCl2F2N/c8-6-5(7(11)12)3(2-9)1-4(10)13-6/h1,7H,2H2. The first-order valence-corrected chi connectivity index (χ1v) is 4.95. The Labute approximate surface area is 92.2 Å². The van der Waals surface area contributed by atoms with Crippen LogP contribution < -0.4 is 0 Å². The summed E-state index contributed by atoms with van der Waals surface area (Å²) in [5.74, 6) is -0.0134. The number of hydrogen-bond donors (Lipinski definition) is 0. The Morgan fingerprint density at radius 1 is 1.54 bits per heavy atom. The Morgan fingerprint density at radius 3 is 2.62 bits per heavy atom. The van der Waals surface area contributed by atoms with E-state index in [1.165, 1.54) is 6.07 Å². The maximum atomic E-state index is 12.4. The van der Waals surface area contributed by atoms with Crippen molar-refractivity contribution in [1.82, 2.24) is 4.98 Å². The molecule has 6 heteroatoms. The summed E-state index contributed by atoms with van der Waals surface area (Å²) in [6.07, 6.45) is -2.60. The largest absolute Gasteiger partial charge is 0.266 e. The Bertz CT molecular complexity index is 320. The third kappa shape index (κ3) is 2.51. The van der Waals surface area contributed by atoms with Crippen LogP contribution >= 0.6 is 39.1 Å². The SMILES string of the molecule is FC(F)c1c(CCl)cc(Cl)nc1Br. The third-order valence-electron chi connectivity index (χ3n) is 1.43. The molecule has 0 fully saturated rings. The van der Waals surface area contributed by atoms with Crippen molar-refractivity contribution in [3.8, 4) is 0 Å². The average Bonchev–Trinajstić information content (AvgIpc) is 2.01. The summed E-state index contributed by atoms with van der Waals surface area (Å²) >= 11 is 13.9. The lowest BCUT2D eigenvalue weighted by atomic mass is 10.2. The zero-order chi connectivity index (χ0) is 10.0. The van der Waals surface area contributed by atoms with E-state index in [4.69, 9.17) is 23.2 Å². The van der Waals surface area contributed by atoms with Gasteiger partial charge in [-0.1, -0.05) is 11.6 Å². The van der Waals surface area contributed by atoms with E-state index in [0.29, 0.717) is 5.56 Å². The van der Waals surface area contributed by atoms with Crippen LogP contribution in [0.1, 0.15) is 17.6 Å². The lowest BCUT2D eigenvalue weighted by molar-refractivity contribution is 0.149. The molecule has 1 aromatic rings. The molecule has 0 aromatic carbocycles. The minimum Gasteiger partial charge on any atom is -0.229 e. The van der Waals surface area contributed by atoms with Gasteiger partial charge in [0.2, 0.25) is 0 Å². The van der Waals surface area contributed by atoms with E-state index in [0.717, 1.165) is 0 Å². The van der Waals surface area contributed by atoms with E-state index in [9.17, 15) is 8.78 Å². The average molecular weight is 291 g/mol. The predicted octanol–water partition coefficient (Wildman–Crippen LogP) is 4.17. The monoisotopic (exact) mass is 289 g/mol. The number of hydrogen-bond acceptors (Lipinski definition) is 1. The molecule has 0 aliphatic rings. The summed E-state index contributed by atoms with van der Waals surface area (Å²) in [4.78, 5) is 3.65. The van der Waals surface area contributed by atoms with Crippen molar-refractivity contribution >= 4 is 39.1 Å². The van der Waals surface area contributed by atoms with Gasteiger partial charge in [0, 0.05) is 5.88 Å². The zero-order valence-corrected chi connectivity index (χ0v) is 9.30. The van der Waals surface area contributed by atoms with Crippen LogP contribution in [0.2, 0.25) is 5.15 Å². The molecule has 0 bridgehead atoms. The van der Waals surface area contributed by atoms with Crippen LogP contribution in [0.25, 0.3) is 0 Å². The van der Waals surface area contributed by atoms with Gasteiger partial charge in [0.05, 0.1) is 5.56 Å². The van der Waals surface area contributed by atoms with Gasteiger partial charge < -0.3 is 0 Å². The van der Waals surface area contributed by atoms with Gasteiger partial charge in [-0.2, -0.15) is 0 Å². The van der Waals surface area contributed by atoms with Crippen LogP contribution in [0, 0.1) is 0 Å². The summed E-state index contributed by atoms with van der Waals surface area (Å²) in [7, 11) is 0. The Morgan fingerprint density at radius 2 is 2.15 bits per heavy atom. The fourth-order valence-electron chi connectivity index (χ4n) is 0.881. The first-order chi connectivity index (χ1) is 6.06. The quantitative estimate of drug-likeness (QED) is 0.588. The van der Waals surface area contributed by atoms with Gasteiger partial charge in [0.1, 0.15) is 9.76 Å². The molecule has 0 unspecified atom stereocenters. The number of rotatable bonds is 2. The molecule has 72 valence electrons. The lowest BCUT2D eigenvalue weighted by Crippen LogP contribution is -1.96. The van der Waals surface area contributed by atoms with Gasteiger partial charge in [-0.15, -0.1) is 11.6 Å². The zero-order valence-electron chi connectivity index (χ0n) is 6.20. The van der Waals surface area contributed by atoms with E-state index < -0.39 is 6.43 Å². The van der Waals surface area contributed by atoms with Gasteiger partial charge in [-0.05, 0) is 27.6 Å². The smallest absolute Gasteiger partial charge is 0.229 e. The topological polar surface area (TPSA) is 12.9 Å². The summed E-state index contributed by atoms with van der Waals surface area (Å²) in [6.45, 7) is 0. The van der Waals surface area contributed by atoms with E-state index in [1.54, 1.807) is 0 Å². The van der Waals surface area contributed by atoms with Gasteiger partial charge in [-0.25, -0.2) is 13.8 Å². The highest BCUT2D eigenvalue weighted by atomic mass is 79.9.